The van der Waals surface area contributed by atoms with Crippen LogP contribution in [0.3, 0.4) is 0 Å². The fraction of sp³-hybridized carbons (Fsp3) is 0.231. The Balaban J connectivity index is 2.88. The molecule has 16 heavy (non-hydrogen) atoms. The summed E-state index contributed by atoms with van der Waals surface area (Å²) in [6.07, 6.45) is 3.76. The van der Waals surface area contributed by atoms with Gasteiger partial charge in [-0.05, 0) is 54.6 Å². The number of pyridine rings is 2. The molecule has 2 heterocycles. The summed E-state index contributed by atoms with van der Waals surface area (Å²) in [6.45, 7) is 6.31. The maximum atomic E-state index is 4.56. The predicted molar refractivity (Wildman–Crippen MR) is 71.7 cm³/mol. The average Bonchev–Trinajstić information content (AvgIpc) is 2.25. The monoisotopic (exact) mass is 276 g/mol. The van der Waals surface area contributed by atoms with Crippen LogP contribution < -0.4 is 0 Å². The van der Waals surface area contributed by atoms with E-state index in [1.807, 2.05) is 17.1 Å². The number of halogens is 1. The third-order valence-electron chi connectivity index (χ3n) is 2.91. The van der Waals surface area contributed by atoms with Gasteiger partial charge >= 0.3 is 0 Å². The first-order chi connectivity index (χ1) is 7.65. The molecule has 0 N–H and O–H groups in total. The van der Waals surface area contributed by atoms with Gasteiger partial charge in [-0.2, -0.15) is 0 Å². The van der Waals surface area contributed by atoms with Crippen molar-refractivity contribution in [2.24, 2.45) is 0 Å². The largest absolute Gasteiger partial charge is 0.237 e. The third kappa shape index (κ3) is 1.76. The molecule has 0 saturated heterocycles. The van der Waals surface area contributed by atoms with Gasteiger partial charge in [0.1, 0.15) is 0 Å². The zero-order valence-electron chi connectivity index (χ0n) is 9.58. The van der Waals surface area contributed by atoms with Crippen LogP contribution in [0.2, 0.25) is 0 Å². The Bertz CT molecular complexity index is 574. The molecule has 0 spiro atoms. The van der Waals surface area contributed by atoms with Crippen molar-refractivity contribution in [2.75, 3.05) is 0 Å². The summed E-state index contributed by atoms with van der Waals surface area (Å²) in [7, 11) is 0. The first-order valence-electron chi connectivity index (χ1n) is 5.14. The standard InChI is InChI=1S/C13H13BrN2/c1-8-5-7-15-13-12(8)10(3)9(2)11(16-13)4-6-14/h4-7H,1-3H3. The molecular formula is C13H13BrN2. The van der Waals surface area contributed by atoms with Crippen molar-refractivity contribution in [3.8, 4) is 0 Å². The second kappa shape index (κ2) is 4.34. The molecule has 0 saturated carbocycles. The van der Waals surface area contributed by atoms with Crippen LogP contribution in [0.15, 0.2) is 17.2 Å². The van der Waals surface area contributed by atoms with Crippen molar-refractivity contribution >= 4 is 33.0 Å². The van der Waals surface area contributed by atoms with Crippen LogP contribution in [0.25, 0.3) is 17.1 Å². The van der Waals surface area contributed by atoms with Crippen molar-refractivity contribution in [2.45, 2.75) is 20.8 Å². The molecular weight excluding hydrogens is 264 g/mol. The highest BCUT2D eigenvalue weighted by Gasteiger charge is 2.08. The Morgan fingerprint density at radius 2 is 1.94 bits per heavy atom. The summed E-state index contributed by atoms with van der Waals surface area (Å²) in [4.78, 5) is 10.7. The normalized spacial score (nSPS) is 11.5. The van der Waals surface area contributed by atoms with Crippen molar-refractivity contribution in [3.63, 3.8) is 0 Å². The maximum Gasteiger partial charge on any atom is 0.160 e. The second-order valence-corrected chi connectivity index (χ2v) is 4.39. The fourth-order valence-corrected chi connectivity index (χ4v) is 2.14. The van der Waals surface area contributed by atoms with Gasteiger partial charge < -0.3 is 0 Å². The van der Waals surface area contributed by atoms with Crippen LogP contribution in [-0.4, -0.2) is 9.97 Å². The number of aromatic nitrogens is 2. The van der Waals surface area contributed by atoms with Crippen molar-refractivity contribution in [1.29, 1.82) is 0 Å². The molecule has 0 bridgehead atoms. The highest BCUT2D eigenvalue weighted by Crippen LogP contribution is 2.24. The predicted octanol–water partition coefficient (Wildman–Crippen LogP) is 3.92. The minimum atomic E-state index is 0.823. The quantitative estimate of drug-likeness (QED) is 0.789. The molecule has 0 unspecified atom stereocenters. The summed E-state index contributed by atoms with van der Waals surface area (Å²) in [6, 6.07) is 2.02. The van der Waals surface area contributed by atoms with Crippen LogP contribution in [0.1, 0.15) is 22.4 Å². The van der Waals surface area contributed by atoms with Gasteiger partial charge in [-0.15, -0.1) is 0 Å². The number of rotatable bonds is 1. The third-order valence-corrected chi connectivity index (χ3v) is 3.17. The first-order valence-corrected chi connectivity index (χ1v) is 6.06. The Kier molecular flexibility index (Phi) is 3.06. The Morgan fingerprint density at radius 1 is 1.19 bits per heavy atom. The minimum absolute atomic E-state index is 0.823. The molecule has 0 aliphatic heterocycles. The van der Waals surface area contributed by atoms with E-state index in [9.17, 15) is 0 Å². The van der Waals surface area contributed by atoms with E-state index >= 15 is 0 Å². The summed E-state index contributed by atoms with van der Waals surface area (Å²) >= 11 is 3.28. The van der Waals surface area contributed by atoms with Gasteiger partial charge in [0.2, 0.25) is 0 Å². The van der Waals surface area contributed by atoms with Gasteiger partial charge in [-0.1, -0.05) is 15.9 Å². The highest BCUT2D eigenvalue weighted by molar-refractivity contribution is 9.11. The Labute approximate surface area is 104 Å². The Hall–Kier alpha value is -1.22. The molecule has 2 nitrogen and oxygen atoms in total. The molecule has 0 amide bonds. The number of hydrogen-bond donors (Lipinski definition) is 0. The number of aryl methyl sites for hydroxylation is 2. The van der Waals surface area contributed by atoms with Gasteiger partial charge in [0.15, 0.2) is 5.65 Å². The fourth-order valence-electron chi connectivity index (χ4n) is 1.89. The molecule has 3 heteroatoms. The molecule has 0 aliphatic carbocycles. The lowest BCUT2D eigenvalue weighted by atomic mass is 10.0. The molecule has 0 atom stereocenters. The summed E-state index contributed by atoms with van der Waals surface area (Å²) in [5.41, 5.74) is 5.49. The van der Waals surface area contributed by atoms with E-state index in [0.29, 0.717) is 0 Å². The zero-order chi connectivity index (χ0) is 11.7. The van der Waals surface area contributed by atoms with Crippen LogP contribution in [0.4, 0.5) is 0 Å². The second-order valence-electron chi connectivity index (χ2n) is 3.87. The molecule has 2 aromatic heterocycles. The zero-order valence-corrected chi connectivity index (χ0v) is 11.2. The lowest BCUT2D eigenvalue weighted by molar-refractivity contribution is 1.19. The molecule has 0 aromatic carbocycles. The van der Waals surface area contributed by atoms with Crippen LogP contribution in [0, 0.1) is 20.8 Å². The summed E-state index contributed by atoms with van der Waals surface area (Å²) < 4.78 is 0. The molecule has 0 fully saturated rings. The molecule has 0 aliphatic rings. The van der Waals surface area contributed by atoms with Gasteiger partial charge in [0.25, 0.3) is 0 Å². The van der Waals surface area contributed by atoms with Crippen molar-refractivity contribution < 1.29 is 0 Å². The molecule has 2 rings (SSSR count). The topological polar surface area (TPSA) is 25.8 Å². The molecule has 2 aromatic rings. The number of fused-ring (bicyclic) bond motifs is 1. The van der Waals surface area contributed by atoms with E-state index in [0.717, 1.165) is 11.3 Å². The summed E-state index contributed by atoms with van der Waals surface area (Å²) in [5.74, 6) is 0. The highest BCUT2D eigenvalue weighted by atomic mass is 79.9. The number of nitrogens with zero attached hydrogens (tertiary/aromatic N) is 2. The van der Waals surface area contributed by atoms with E-state index < -0.39 is 0 Å². The minimum Gasteiger partial charge on any atom is -0.237 e. The van der Waals surface area contributed by atoms with Gasteiger partial charge in [0, 0.05) is 11.6 Å². The van der Waals surface area contributed by atoms with Gasteiger partial charge in [0.05, 0.1) is 5.69 Å². The summed E-state index contributed by atoms with van der Waals surface area (Å²) in [5, 5.41) is 1.17. The van der Waals surface area contributed by atoms with Crippen molar-refractivity contribution in [3.05, 3.63) is 39.6 Å². The van der Waals surface area contributed by atoms with Crippen LogP contribution >= 0.6 is 15.9 Å². The molecule has 0 radical (unpaired) electrons. The number of hydrogen-bond acceptors (Lipinski definition) is 2. The maximum absolute atomic E-state index is 4.56. The van der Waals surface area contributed by atoms with E-state index in [1.54, 1.807) is 6.20 Å². The van der Waals surface area contributed by atoms with E-state index in [-0.39, 0.29) is 0 Å². The first kappa shape index (κ1) is 11.3. The SMILES string of the molecule is Cc1c(C=CBr)nc2nccc(C)c2c1C. The average molecular weight is 277 g/mol. The van der Waals surface area contributed by atoms with Gasteiger partial charge in [-0.25, -0.2) is 9.97 Å². The van der Waals surface area contributed by atoms with Gasteiger partial charge in [-0.3, -0.25) is 0 Å². The van der Waals surface area contributed by atoms with E-state index in [4.69, 9.17) is 0 Å². The van der Waals surface area contributed by atoms with Crippen LogP contribution in [0.5, 0.6) is 0 Å². The van der Waals surface area contributed by atoms with E-state index in [2.05, 4.69) is 46.7 Å². The van der Waals surface area contributed by atoms with Crippen LogP contribution in [-0.2, 0) is 0 Å². The van der Waals surface area contributed by atoms with E-state index in [1.165, 1.54) is 22.1 Å². The van der Waals surface area contributed by atoms with Crippen molar-refractivity contribution in [1.82, 2.24) is 9.97 Å². The lowest BCUT2D eigenvalue weighted by Gasteiger charge is -2.10. The smallest absolute Gasteiger partial charge is 0.160 e. The molecule has 82 valence electrons. The lowest BCUT2D eigenvalue weighted by Crippen LogP contribution is -1.97. The Morgan fingerprint density at radius 3 is 2.62 bits per heavy atom.